The highest BCUT2D eigenvalue weighted by Crippen LogP contribution is 2.16. The Morgan fingerprint density at radius 1 is 1.08 bits per heavy atom. The van der Waals surface area contributed by atoms with Gasteiger partial charge in [-0.3, -0.25) is 0 Å². The normalized spacial score (nSPS) is 10.5. The molecule has 0 amide bonds. The summed E-state index contributed by atoms with van der Waals surface area (Å²) in [4.78, 5) is 0. The van der Waals surface area contributed by atoms with Gasteiger partial charge in [0.2, 0.25) is 0 Å². The number of benzene rings is 2. The third kappa shape index (κ3) is 6.63. The second-order valence-corrected chi connectivity index (χ2v) is 6.99. The summed E-state index contributed by atoms with van der Waals surface area (Å²) in [5.41, 5.74) is 1.66. The minimum Gasteiger partial charge on any atom is -0.362 e. The van der Waals surface area contributed by atoms with Crippen LogP contribution in [-0.4, -0.2) is 17.4 Å². The molecule has 7 heteroatoms. The standard InChI is InChI=1S/C17H17ClF2N2S2/c18-13-4-2-12(3-5-13)11-24-9-1-8-21-17(23)22-14-6-7-15(19)16(20)10-14/h2-7,10H,1,8-9,11H2,(H2,21,22,23). The molecular formula is C17H17ClF2N2S2. The molecular weight excluding hydrogens is 370 g/mol. The van der Waals surface area contributed by atoms with Crippen LogP contribution in [0.1, 0.15) is 12.0 Å². The Bertz CT molecular complexity index is 681. The van der Waals surface area contributed by atoms with E-state index in [0.29, 0.717) is 17.3 Å². The number of hydrogen-bond donors (Lipinski definition) is 2. The molecule has 24 heavy (non-hydrogen) atoms. The van der Waals surface area contributed by atoms with Crippen molar-refractivity contribution in [1.82, 2.24) is 5.32 Å². The lowest BCUT2D eigenvalue weighted by molar-refractivity contribution is 0.509. The molecule has 128 valence electrons. The highest BCUT2D eigenvalue weighted by Gasteiger charge is 2.03. The predicted molar refractivity (Wildman–Crippen MR) is 103 cm³/mol. The average molecular weight is 387 g/mol. The van der Waals surface area contributed by atoms with Gasteiger partial charge in [-0.05, 0) is 54.2 Å². The van der Waals surface area contributed by atoms with Crippen LogP contribution in [0.5, 0.6) is 0 Å². The molecule has 0 saturated heterocycles. The Kier molecular flexibility index (Phi) is 7.75. The first-order valence-corrected chi connectivity index (χ1v) is 9.31. The fraction of sp³-hybridized carbons (Fsp3) is 0.235. The number of nitrogens with one attached hydrogen (secondary N) is 2. The summed E-state index contributed by atoms with van der Waals surface area (Å²) < 4.78 is 25.9. The highest BCUT2D eigenvalue weighted by molar-refractivity contribution is 7.98. The van der Waals surface area contributed by atoms with Gasteiger partial charge >= 0.3 is 0 Å². The zero-order valence-electron chi connectivity index (χ0n) is 12.8. The largest absolute Gasteiger partial charge is 0.362 e. The first kappa shape index (κ1) is 19.0. The minimum atomic E-state index is -0.901. The average Bonchev–Trinajstić information content (AvgIpc) is 2.56. The van der Waals surface area contributed by atoms with Gasteiger partial charge in [0.25, 0.3) is 0 Å². The van der Waals surface area contributed by atoms with E-state index in [9.17, 15) is 8.78 Å². The van der Waals surface area contributed by atoms with Crippen LogP contribution in [0.3, 0.4) is 0 Å². The molecule has 0 aliphatic carbocycles. The first-order chi connectivity index (χ1) is 11.5. The highest BCUT2D eigenvalue weighted by atomic mass is 35.5. The molecule has 0 radical (unpaired) electrons. The maximum Gasteiger partial charge on any atom is 0.170 e. The van der Waals surface area contributed by atoms with Crippen LogP contribution < -0.4 is 10.6 Å². The number of rotatable bonds is 7. The van der Waals surface area contributed by atoms with Crippen molar-refractivity contribution in [3.8, 4) is 0 Å². The van der Waals surface area contributed by atoms with Gasteiger partial charge in [0.15, 0.2) is 16.7 Å². The Morgan fingerprint density at radius 2 is 1.83 bits per heavy atom. The van der Waals surface area contributed by atoms with Gasteiger partial charge in [-0.1, -0.05) is 23.7 Å². The summed E-state index contributed by atoms with van der Waals surface area (Å²) >= 11 is 12.8. The number of halogens is 3. The van der Waals surface area contributed by atoms with Crippen molar-refractivity contribution in [3.63, 3.8) is 0 Å². The van der Waals surface area contributed by atoms with Gasteiger partial charge in [0.05, 0.1) is 0 Å². The van der Waals surface area contributed by atoms with E-state index in [2.05, 4.69) is 10.6 Å². The second kappa shape index (κ2) is 9.81. The van der Waals surface area contributed by atoms with Crippen LogP contribution in [-0.2, 0) is 5.75 Å². The zero-order valence-corrected chi connectivity index (χ0v) is 15.2. The fourth-order valence-electron chi connectivity index (χ4n) is 1.90. The molecule has 2 nitrogen and oxygen atoms in total. The molecule has 0 fully saturated rings. The van der Waals surface area contributed by atoms with Gasteiger partial charge in [0, 0.05) is 29.1 Å². The number of hydrogen-bond acceptors (Lipinski definition) is 2. The van der Waals surface area contributed by atoms with Gasteiger partial charge in [-0.25, -0.2) is 8.78 Å². The molecule has 0 unspecified atom stereocenters. The van der Waals surface area contributed by atoms with Gasteiger partial charge < -0.3 is 10.6 Å². The summed E-state index contributed by atoms with van der Waals surface area (Å²) in [7, 11) is 0. The molecule has 2 N–H and O–H groups in total. The quantitative estimate of drug-likeness (QED) is 0.502. The number of thiocarbonyl (C=S) groups is 1. The van der Waals surface area contributed by atoms with Crippen molar-refractivity contribution in [2.45, 2.75) is 12.2 Å². The van der Waals surface area contributed by atoms with Crippen LogP contribution in [0.4, 0.5) is 14.5 Å². The van der Waals surface area contributed by atoms with Crippen molar-refractivity contribution >= 4 is 46.4 Å². The number of anilines is 1. The van der Waals surface area contributed by atoms with Crippen LogP contribution in [0.15, 0.2) is 42.5 Å². The Hall–Kier alpha value is -1.37. The van der Waals surface area contributed by atoms with Crippen molar-refractivity contribution in [3.05, 3.63) is 64.7 Å². The summed E-state index contributed by atoms with van der Waals surface area (Å²) in [6.07, 6.45) is 0.942. The second-order valence-electron chi connectivity index (χ2n) is 5.04. The van der Waals surface area contributed by atoms with Gasteiger partial charge in [-0.15, -0.1) is 0 Å². The third-order valence-electron chi connectivity index (χ3n) is 3.11. The molecule has 0 aliphatic heterocycles. The molecule has 0 saturated carbocycles. The van der Waals surface area contributed by atoms with E-state index in [4.69, 9.17) is 23.8 Å². The molecule has 0 spiro atoms. The van der Waals surface area contributed by atoms with Crippen LogP contribution >= 0.6 is 35.6 Å². The lowest BCUT2D eigenvalue weighted by Crippen LogP contribution is -2.29. The molecule has 2 rings (SSSR count). The van der Waals surface area contributed by atoms with E-state index in [1.165, 1.54) is 11.6 Å². The summed E-state index contributed by atoms with van der Waals surface area (Å²) in [5.74, 6) is 0.150. The Morgan fingerprint density at radius 3 is 2.54 bits per heavy atom. The molecule has 0 atom stereocenters. The van der Waals surface area contributed by atoms with E-state index in [1.807, 2.05) is 36.0 Å². The molecule has 0 bridgehead atoms. The topological polar surface area (TPSA) is 24.1 Å². The SMILES string of the molecule is Fc1ccc(NC(=S)NCCCSCc2ccc(Cl)cc2)cc1F. The molecule has 0 aromatic heterocycles. The summed E-state index contributed by atoms with van der Waals surface area (Å²) in [6, 6.07) is 11.4. The monoisotopic (exact) mass is 386 g/mol. The molecule has 0 aliphatic rings. The third-order valence-corrected chi connectivity index (χ3v) is 4.72. The van der Waals surface area contributed by atoms with E-state index in [-0.39, 0.29) is 0 Å². The maximum absolute atomic E-state index is 13.1. The van der Waals surface area contributed by atoms with E-state index >= 15 is 0 Å². The maximum atomic E-state index is 13.1. The predicted octanol–water partition coefficient (Wildman–Crippen LogP) is 5.23. The molecule has 0 heterocycles. The van der Waals surface area contributed by atoms with E-state index in [0.717, 1.165) is 35.1 Å². The van der Waals surface area contributed by atoms with Crippen molar-refractivity contribution in [2.24, 2.45) is 0 Å². The number of thioether (sulfide) groups is 1. The van der Waals surface area contributed by atoms with Gasteiger partial charge in [0.1, 0.15) is 0 Å². The lowest BCUT2D eigenvalue weighted by Gasteiger charge is -2.10. The van der Waals surface area contributed by atoms with Gasteiger partial charge in [-0.2, -0.15) is 11.8 Å². The Labute approximate surface area is 155 Å². The fourth-order valence-corrected chi connectivity index (χ4v) is 3.16. The Balaban J connectivity index is 1.59. The van der Waals surface area contributed by atoms with Crippen LogP contribution in [0, 0.1) is 11.6 Å². The van der Waals surface area contributed by atoms with Crippen LogP contribution in [0.25, 0.3) is 0 Å². The summed E-state index contributed by atoms with van der Waals surface area (Å²) in [6.45, 7) is 0.711. The summed E-state index contributed by atoms with van der Waals surface area (Å²) in [5, 5.41) is 7.01. The van der Waals surface area contributed by atoms with Crippen molar-refractivity contribution in [1.29, 1.82) is 0 Å². The molecule has 2 aromatic rings. The minimum absolute atomic E-state index is 0.392. The first-order valence-electron chi connectivity index (χ1n) is 7.36. The van der Waals surface area contributed by atoms with E-state index in [1.54, 1.807) is 0 Å². The van der Waals surface area contributed by atoms with E-state index < -0.39 is 11.6 Å². The van der Waals surface area contributed by atoms with Crippen molar-refractivity contribution < 1.29 is 8.78 Å². The lowest BCUT2D eigenvalue weighted by atomic mass is 10.2. The van der Waals surface area contributed by atoms with Crippen LogP contribution in [0.2, 0.25) is 5.02 Å². The smallest absolute Gasteiger partial charge is 0.170 e. The molecule has 2 aromatic carbocycles. The van der Waals surface area contributed by atoms with Crippen molar-refractivity contribution in [2.75, 3.05) is 17.6 Å². The zero-order chi connectivity index (χ0) is 17.4.